The van der Waals surface area contributed by atoms with Gasteiger partial charge >= 0.3 is 0 Å². The minimum atomic E-state index is -0.336. The molecule has 0 saturated carbocycles. The van der Waals surface area contributed by atoms with Crippen LogP contribution in [0.2, 0.25) is 0 Å². The van der Waals surface area contributed by atoms with Crippen molar-refractivity contribution in [2.45, 2.75) is 26.8 Å². The summed E-state index contributed by atoms with van der Waals surface area (Å²) >= 11 is 0. The predicted octanol–water partition coefficient (Wildman–Crippen LogP) is 5.41. The zero-order valence-corrected chi connectivity index (χ0v) is 15.4. The second kappa shape index (κ2) is 7.87. The molecule has 26 heavy (non-hydrogen) atoms. The van der Waals surface area contributed by atoms with Crippen LogP contribution in [0.25, 0.3) is 11.1 Å². The number of anilines is 2. The van der Waals surface area contributed by atoms with Gasteiger partial charge in [-0.25, -0.2) is 0 Å². The number of rotatable bonds is 5. The number of benzene rings is 3. The number of carbonyl (C=O) groups is 1. The van der Waals surface area contributed by atoms with Gasteiger partial charge in [-0.2, -0.15) is 0 Å². The van der Waals surface area contributed by atoms with Gasteiger partial charge in [0.15, 0.2) is 0 Å². The lowest BCUT2D eigenvalue weighted by Crippen LogP contribution is -2.32. The van der Waals surface area contributed by atoms with Gasteiger partial charge in [-0.3, -0.25) is 4.79 Å². The summed E-state index contributed by atoms with van der Waals surface area (Å²) in [5.41, 5.74) is 6.31. The Morgan fingerprint density at radius 3 is 2.19 bits per heavy atom. The maximum absolute atomic E-state index is 12.5. The number of amides is 1. The minimum absolute atomic E-state index is 0.0502. The predicted molar refractivity (Wildman–Crippen MR) is 110 cm³/mol. The fourth-order valence-corrected chi connectivity index (χ4v) is 2.82. The highest BCUT2D eigenvalue weighted by Gasteiger charge is 2.14. The SMILES string of the molecule is Cc1ccc(C)c(NC(=O)C(C)Nc2ccc(-c3ccccc3)cc2)c1. The van der Waals surface area contributed by atoms with Crippen LogP contribution in [0.4, 0.5) is 11.4 Å². The van der Waals surface area contributed by atoms with E-state index in [1.54, 1.807) is 0 Å². The first-order valence-electron chi connectivity index (χ1n) is 8.83. The normalized spacial score (nSPS) is 11.7. The van der Waals surface area contributed by atoms with E-state index in [-0.39, 0.29) is 11.9 Å². The Balaban J connectivity index is 1.64. The molecular formula is C23H24N2O. The molecule has 0 aliphatic heterocycles. The van der Waals surface area contributed by atoms with Crippen molar-refractivity contribution < 1.29 is 4.79 Å². The van der Waals surface area contributed by atoms with Crippen LogP contribution in [0, 0.1) is 13.8 Å². The molecule has 3 nitrogen and oxygen atoms in total. The Hall–Kier alpha value is -3.07. The topological polar surface area (TPSA) is 41.1 Å². The molecule has 3 heteroatoms. The molecule has 3 aromatic rings. The summed E-state index contributed by atoms with van der Waals surface area (Å²) in [4.78, 5) is 12.5. The van der Waals surface area contributed by atoms with Crippen LogP contribution in [-0.4, -0.2) is 11.9 Å². The molecular weight excluding hydrogens is 320 g/mol. The van der Waals surface area contributed by atoms with Crippen LogP contribution in [0.5, 0.6) is 0 Å². The Bertz CT molecular complexity index is 886. The molecule has 0 bridgehead atoms. The van der Waals surface area contributed by atoms with Gasteiger partial charge in [-0.1, -0.05) is 54.6 Å². The molecule has 0 aliphatic carbocycles. The maximum Gasteiger partial charge on any atom is 0.246 e. The number of hydrogen-bond acceptors (Lipinski definition) is 2. The summed E-state index contributed by atoms with van der Waals surface area (Å²) in [6.07, 6.45) is 0. The van der Waals surface area contributed by atoms with E-state index in [0.29, 0.717) is 0 Å². The Kier molecular flexibility index (Phi) is 5.37. The van der Waals surface area contributed by atoms with E-state index in [1.165, 1.54) is 5.56 Å². The summed E-state index contributed by atoms with van der Waals surface area (Å²) in [6, 6.07) is 24.1. The van der Waals surface area contributed by atoms with Gasteiger partial charge in [-0.05, 0) is 61.2 Å². The first kappa shape index (κ1) is 17.7. The van der Waals surface area contributed by atoms with Crippen LogP contribution in [-0.2, 0) is 4.79 Å². The van der Waals surface area contributed by atoms with Crippen molar-refractivity contribution in [1.29, 1.82) is 0 Å². The van der Waals surface area contributed by atoms with Crippen molar-refractivity contribution in [3.05, 3.63) is 83.9 Å². The first-order valence-corrected chi connectivity index (χ1v) is 8.83. The van der Waals surface area contributed by atoms with Crippen LogP contribution >= 0.6 is 0 Å². The molecule has 0 fully saturated rings. The summed E-state index contributed by atoms with van der Waals surface area (Å²) in [6.45, 7) is 5.88. The van der Waals surface area contributed by atoms with Crippen molar-refractivity contribution in [1.82, 2.24) is 0 Å². The highest BCUT2D eigenvalue weighted by Crippen LogP contribution is 2.22. The molecule has 1 atom stereocenters. The molecule has 1 unspecified atom stereocenters. The third-order valence-electron chi connectivity index (χ3n) is 4.42. The van der Waals surface area contributed by atoms with Crippen LogP contribution < -0.4 is 10.6 Å². The van der Waals surface area contributed by atoms with Crippen molar-refractivity contribution in [3.8, 4) is 11.1 Å². The summed E-state index contributed by atoms with van der Waals surface area (Å²) in [5, 5.41) is 6.27. The molecule has 3 aromatic carbocycles. The smallest absolute Gasteiger partial charge is 0.246 e. The highest BCUT2D eigenvalue weighted by molar-refractivity contribution is 5.96. The number of nitrogens with one attached hydrogen (secondary N) is 2. The first-order chi connectivity index (χ1) is 12.5. The van der Waals surface area contributed by atoms with Crippen molar-refractivity contribution in [2.75, 3.05) is 10.6 Å². The molecule has 0 heterocycles. The second-order valence-corrected chi connectivity index (χ2v) is 6.62. The third-order valence-corrected chi connectivity index (χ3v) is 4.42. The number of carbonyl (C=O) groups excluding carboxylic acids is 1. The highest BCUT2D eigenvalue weighted by atomic mass is 16.2. The van der Waals surface area contributed by atoms with Crippen molar-refractivity contribution in [3.63, 3.8) is 0 Å². The fourth-order valence-electron chi connectivity index (χ4n) is 2.82. The Morgan fingerprint density at radius 2 is 1.50 bits per heavy atom. The number of hydrogen-bond donors (Lipinski definition) is 2. The van der Waals surface area contributed by atoms with E-state index in [2.05, 4.69) is 34.9 Å². The van der Waals surface area contributed by atoms with Crippen LogP contribution in [0.15, 0.2) is 72.8 Å². The summed E-state index contributed by atoms with van der Waals surface area (Å²) in [5.74, 6) is -0.0502. The van der Waals surface area contributed by atoms with Crippen LogP contribution in [0.1, 0.15) is 18.1 Å². The van der Waals surface area contributed by atoms with Gasteiger partial charge < -0.3 is 10.6 Å². The fraction of sp³-hybridized carbons (Fsp3) is 0.174. The largest absolute Gasteiger partial charge is 0.374 e. The molecule has 0 saturated heterocycles. The van der Waals surface area contributed by atoms with Gasteiger partial charge in [0.1, 0.15) is 6.04 Å². The van der Waals surface area contributed by atoms with E-state index >= 15 is 0 Å². The average molecular weight is 344 g/mol. The van der Waals surface area contributed by atoms with E-state index in [9.17, 15) is 4.79 Å². The standard InChI is InChI=1S/C23H24N2O/c1-16-9-10-17(2)22(15-16)25-23(26)18(3)24-21-13-11-20(12-14-21)19-7-5-4-6-8-19/h4-15,18,24H,1-3H3,(H,25,26). The summed E-state index contributed by atoms with van der Waals surface area (Å²) in [7, 11) is 0. The number of aryl methyl sites for hydroxylation is 2. The molecule has 2 N–H and O–H groups in total. The average Bonchev–Trinajstić information content (AvgIpc) is 2.66. The van der Waals surface area contributed by atoms with E-state index in [1.807, 2.05) is 69.3 Å². The third kappa shape index (κ3) is 4.31. The molecule has 132 valence electrons. The molecule has 0 spiro atoms. The lowest BCUT2D eigenvalue weighted by atomic mass is 10.1. The second-order valence-electron chi connectivity index (χ2n) is 6.62. The zero-order valence-electron chi connectivity index (χ0n) is 15.4. The Morgan fingerprint density at radius 1 is 0.846 bits per heavy atom. The molecule has 0 aliphatic rings. The summed E-state index contributed by atoms with van der Waals surface area (Å²) < 4.78 is 0. The van der Waals surface area contributed by atoms with Gasteiger partial charge in [-0.15, -0.1) is 0 Å². The van der Waals surface area contributed by atoms with Crippen LogP contribution in [0.3, 0.4) is 0 Å². The molecule has 0 aromatic heterocycles. The molecule has 3 rings (SSSR count). The lowest BCUT2D eigenvalue weighted by Gasteiger charge is -2.17. The quantitative estimate of drug-likeness (QED) is 0.650. The van der Waals surface area contributed by atoms with E-state index < -0.39 is 0 Å². The molecule has 0 radical (unpaired) electrons. The van der Waals surface area contributed by atoms with E-state index in [0.717, 1.165) is 28.1 Å². The van der Waals surface area contributed by atoms with Gasteiger partial charge in [0, 0.05) is 11.4 Å². The van der Waals surface area contributed by atoms with Crippen molar-refractivity contribution >= 4 is 17.3 Å². The monoisotopic (exact) mass is 344 g/mol. The Labute approximate surface area is 155 Å². The molecule has 1 amide bonds. The van der Waals surface area contributed by atoms with Gasteiger partial charge in [0.05, 0.1) is 0 Å². The minimum Gasteiger partial charge on any atom is -0.374 e. The van der Waals surface area contributed by atoms with E-state index in [4.69, 9.17) is 0 Å². The van der Waals surface area contributed by atoms with Crippen molar-refractivity contribution in [2.24, 2.45) is 0 Å². The zero-order chi connectivity index (χ0) is 18.5. The van der Waals surface area contributed by atoms with Gasteiger partial charge in [0.25, 0.3) is 0 Å². The van der Waals surface area contributed by atoms with Gasteiger partial charge in [0.2, 0.25) is 5.91 Å². The maximum atomic E-state index is 12.5. The lowest BCUT2D eigenvalue weighted by molar-refractivity contribution is -0.116.